The number of carbonyl (C=O) groups is 2. The minimum atomic E-state index is -1.15. The fourth-order valence-electron chi connectivity index (χ4n) is 2.68. The van der Waals surface area contributed by atoms with E-state index in [9.17, 15) is 14.7 Å². The van der Waals surface area contributed by atoms with Crippen LogP contribution in [0.1, 0.15) is 53.9 Å². The molecule has 2 unspecified atom stereocenters. The first kappa shape index (κ1) is 15.8. The minimum absolute atomic E-state index is 0.0116. The molecule has 0 aromatic rings. The number of likely N-dealkylation sites (tertiary alicyclic amines) is 1. The highest BCUT2D eigenvalue weighted by Crippen LogP contribution is 2.38. The van der Waals surface area contributed by atoms with Gasteiger partial charge in [-0.2, -0.15) is 0 Å². The van der Waals surface area contributed by atoms with Crippen molar-refractivity contribution in [3.05, 3.63) is 0 Å². The van der Waals surface area contributed by atoms with Gasteiger partial charge >= 0.3 is 12.1 Å². The fraction of sp³-hybridized carbons (Fsp3) is 0.857. The predicted octanol–water partition coefficient (Wildman–Crippen LogP) is 2.89. The van der Waals surface area contributed by atoms with Crippen LogP contribution in [0.4, 0.5) is 4.79 Å². The lowest BCUT2D eigenvalue weighted by atomic mass is 9.83. The lowest BCUT2D eigenvalue weighted by molar-refractivity contribution is -0.150. The molecule has 2 atom stereocenters. The van der Waals surface area contributed by atoms with Gasteiger partial charge in [-0.1, -0.05) is 13.3 Å². The SMILES string of the molecule is CCCC1CCN(C(=O)OC(C)(C)C)C1(C)C(=O)O. The number of nitrogens with zero attached hydrogens (tertiary/aromatic N) is 1. The molecule has 0 radical (unpaired) electrons. The van der Waals surface area contributed by atoms with E-state index in [0.717, 1.165) is 19.3 Å². The second kappa shape index (κ2) is 5.39. The van der Waals surface area contributed by atoms with Crippen LogP contribution >= 0.6 is 0 Å². The van der Waals surface area contributed by atoms with Gasteiger partial charge in [-0.05, 0) is 46.5 Å². The molecule has 0 aliphatic carbocycles. The standard InChI is InChI=1S/C14H25NO4/c1-6-7-10-8-9-15(14(10,5)11(16)17)12(18)19-13(2,3)4/h10H,6-9H2,1-5H3,(H,16,17). The maximum atomic E-state index is 12.2. The van der Waals surface area contributed by atoms with Crippen LogP contribution in [0.2, 0.25) is 0 Å². The van der Waals surface area contributed by atoms with E-state index in [1.807, 2.05) is 6.92 Å². The van der Waals surface area contributed by atoms with Gasteiger partial charge in [-0.25, -0.2) is 9.59 Å². The second-order valence-corrected chi connectivity index (χ2v) is 6.36. The smallest absolute Gasteiger partial charge is 0.411 e. The summed E-state index contributed by atoms with van der Waals surface area (Å²) in [6.45, 7) is 9.45. The van der Waals surface area contributed by atoms with Crippen molar-refractivity contribution >= 4 is 12.1 Å². The van der Waals surface area contributed by atoms with Crippen molar-refractivity contribution < 1.29 is 19.4 Å². The summed E-state index contributed by atoms with van der Waals surface area (Å²) in [5.74, 6) is -0.961. The first-order chi connectivity index (χ1) is 8.63. The van der Waals surface area contributed by atoms with Crippen LogP contribution in [0.3, 0.4) is 0 Å². The third kappa shape index (κ3) is 3.19. The molecule has 1 fully saturated rings. The quantitative estimate of drug-likeness (QED) is 0.857. The highest BCUT2D eigenvalue weighted by atomic mass is 16.6. The first-order valence-corrected chi connectivity index (χ1v) is 6.87. The van der Waals surface area contributed by atoms with Gasteiger partial charge < -0.3 is 9.84 Å². The molecule has 1 rings (SSSR count). The maximum Gasteiger partial charge on any atom is 0.411 e. The van der Waals surface area contributed by atoms with Gasteiger partial charge in [0.2, 0.25) is 0 Å². The number of carbonyl (C=O) groups excluding carboxylic acids is 1. The van der Waals surface area contributed by atoms with E-state index in [2.05, 4.69) is 0 Å². The Balaban J connectivity index is 2.95. The van der Waals surface area contributed by atoms with Crippen LogP contribution in [0.15, 0.2) is 0 Å². The molecule has 0 spiro atoms. The summed E-state index contributed by atoms with van der Waals surface area (Å²) in [5.41, 5.74) is -1.77. The Morgan fingerprint density at radius 3 is 2.42 bits per heavy atom. The van der Waals surface area contributed by atoms with Crippen LogP contribution in [0, 0.1) is 5.92 Å². The molecule has 1 aliphatic heterocycles. The molecule has 19 heavy (non-hydrogen) atoms. The summed E-state index contributed by atoms with van der Waals surface area (Å²) in [5, 5.41) is 9.54. The van der Waals surface area contributed by atoms with Gasteiger partial charge in [-0.15, -0.1) is 0 Å². The monoisotopic (exact) mass is 271 g/mol. The van der Waals surface area contributed by atoms with Crippen molar-refractivity contribution in [2.45, 2.75) is 65.0 Å². The number of carboxylic acids is 1. The van der Waals surface area contributed by atoms with Gasteiger partial charge in [0, 0.05) is 6.54 Å². The molecule has 0 aromatic heterocycles. The van der Waals surface area contributed by atoms with E-state index in [4.69, 9.17) is 4.74 Å². The molecule has 0 aromatic carbocycles. The zero-order valence-corrected chi connectivity index (χ0v) is 12.5. The summed E-state index contributed by atoms with van der Waals surface area (Å²) >= 11 is 0. The molecule has 1 heterocycles. The zero-order chi connectivity index (χ0) is 14.8. The Kier molecular flexibility index (Phi) is 4.48. The Bertz CT molecular complexity index is 361. The molecule has 110 valence electrons. The number of amides is 1. The molecule has 1 aliphatic rings. The van der Waals surface area contributed by atoms with Crippen molar-refractivity contribution in [3.63, 3.8) is 0 Å². The summed E-state index contributed by atoms with van der Waals surface area (Å²) in [7, 11) is 0. The largest absolute Gasteiger partial charge is 0.479 e. The van der Waals surface area contributed by atoms with Gasteiger partial charge in [0.15, 0.2) is 0 Å². The predicted molar refractivity (Wildman–Crippen MR) is 72.0 cm³/mol. The van der Waals surface area contributed by atoms with E-state index >= 15 is 0 Å². The highest BCUT2D eigenvalue weighted by Gasteiger charge is 2.53. The highest BCUT2D eigenvalue weighted by molar-refractivity contribution is 5.85. The number of rotatable bonds is 3. The van der Waals surface area contributed by atoms with Crippen LogP contribution in [-0.4, -0.2) is 39.8 Å². The third-order valence-corrected chi connectivity index (χ3v) is 3.74. The first-order valence-electron chi connectivity index (χ1n) is 6.87. The molecular formula is C14H25NO4. The average Bonchev–Trinajstić information content (AvgIpc) is 2.56. The molecular weight excluding hydrogens is 246 g/mol. The number of carboxylic acid groups (broad SMARTS) is 1. The summed E-state index contributed by atoms with van der Waals surface area (Å²) in [6, 6.07) is 0. The number of aliphatic carboxylic acids is 1. The molecule has 0 saturated carbocycles. The van der Waals surface area contributed by atoms with Gasteiger partial charge in [0.1, 0.15) is 11.1 Å². The van der Waals surface area contributed by atoms with Crippen molar-refractivity contribution in [1.82, 2.24) is 4.90 Å². The number of hydrogen-bond donors (Lipinski definition) is 1. The lowest BCUT2D eigenvalue weighted by Gasteiger charge is -2.36. The molecule has 1 saturated heterocycles. The summed E-state index contributed by atoms with van der Waals surface area (Å²) in [4.78, 5) is 25.2. The number of ether oxygens (including phenoxy) is 1. The minimum Gasteiger partial charge on any atom is -0.479 e. The second-order valence-electron chi connectivity index (χ2n) is 6.36. The van der Waals surface area contributed by atoms with Crippen LogP contribution in [0.5, 0.6) is 0 Å². The van der Waals surface area contributed by atoms with E-state index in [-0.39, 0.29) is 5.92 Å². The van der Waals surface area contributed by atoms with Crippen LogP contribution in [0.25, 0.3) is 0 Å². The molecule has 1 amide bonds. The molecule has 1 N–H and O–H groups in total. The van der Waals surface area contributed by atoms with Gasteiger partial charge in [0.25, 0.3) is 0 Å². The van der Waals surface area contributed by atoms with Crippen molar-refractivity contribution in [2.24, 2.45) is 5.92 Å². The van der Waals surface area contributed by atoms with E-state index in [1.54, 1.807) is 27.7 Å². The Morgan fingerprint density at radius 1 is 1.42 bits per heavy atom. The summed E-state index contributed by atoms with van der Waals surface area (Å²) < 4.78 is 5.32. The lowest BCUT2D eigenvalue weighted by Crippen LogP contribution is -2.55. The number of hydrogen-bond acceptors (Lipinski definition) is 3. The molecule has 0 bridgehead atoms. The maximum absolute atomic E-state index is 12.2. The van der Waals surface area contributed by atoms with E-state index in [1.165, 1.54) is 4.90 Å². The Morgan fingerprint density at radius 2 is 2.00 bits per heavy atom. The summed E-state index contributed by atoms with van der Waals surface area (Å²) in [6.07, 6.45) is 1.91. The normalized spacial score (nSPS) is 27.4. The third-order valence-electron chi connectivity index (χ3n) is 3.74. The zero-order valence-electron chi connectivity index (χ0n) is 12.5. The van der Waals surface area contributed by atoms with E-state index < -0.39 is 23.2 Å². The topological polar surface area (TPSA) is 66.8 Å². The van der Waals surface area contributed by atoms with Crippen molar-refractivity contribution in [2.75, 3.05) is 6.54 Å². The van der Waals surface area contributed by atoms with E-state index in [0.29, 0.717) is 6.54 Å². The van der Waals surface area contributed by atoms with Crippen molar-refractivity contribution in [1.29, 1.82) is 0 Å². The van der Waals surface area contributed by atoms with Gasteiger partial charge in [-0.3, -0.25) is 4.90 Å². The molecule has 5 nitrogen and oxygen atoms in total. The average molecular weight is 271 g/mol. The van der Waals surface area contributed by atoms with Crippen LogP contribution in [-0.2, 0) is 9.53 Å². The molecule has 5 heteroatoms. The van der Waals surface area contributed by atoms with Gasteiger partial charge in [0.05, 0.1) is 0 Å². The van der Waals surface area contributed by atoms with Crippen LogP contribution < -0.4 is 0 Å². The Labute approximate surface area is 114 Å². The van der Waals surface area contributed by atoms with Crippen molar-refractivity contribution in [3.8, 4) is 0 Å². The Hall–Kier alpha value is -1.26. The fourth-order valence-corrected chi connectivity index (χ4v) is 2.68.